The van der Waals surface area contributed by atoms with Gasteiger partial charge in [-0.15, -0.1) is 11.3 Å². The second-order valence-electron chi connectivity index (χ2n) is 5.24. The first-order valence-corrected chi connectivity index (χ1v) is 7.89. The Morgan fingerprint density at radius 2 is 1.82 bits per heavy atom. The number of rotatable bonds is 3. The molecule has 0 saturated heterocycles. The van der Waals surface area contributed by atoms with Gasteiger partial charge in [0.25, 0.3) is 11.8 Å². The first kappa shape index (κ1) is 14.7. The maximum Gasteiger partial charge on any atom is 0.256 e. The summed E-state index contributed by atoms with van der Waals surface area (Å²) in [6, 6.07) is 5.26. The number of primary amides is 1. The number of hydrogen-bond acceptors (Lipinski definition) is 3. The number of anilines is 1. The Bertz CT molecular complexity index is 737. The second-order valence-corrected chi connectivity index (χ2v) is 6.35. The van der Waals surface area contributed by atoms with Gasteiger partial charge in [0.2, 0.25) is 0 Å². The molecule has 0 atom stereocenters. The van der Waals surface area contributed by atoms with Crippen molar-refractivity contribution in [3.8, 4) is 0 Å². The molecular weight excluding hydrogens is 303 g/mol. The zero-order valence-electron chi connectivity index (χ0n) is 11.8. The lowest BCUT2D eigenvalue weighted by molar-refractivity contribution is 0.100. The van der Waals surface area contributed by atoms with Crippen LogP contribution >= 0.6 is 11.3 Å². The lowest BCUT2D eigenvalue weighted by atomic mass is 9.95. The summed E-state index contributed by atoms with van der Waals surface area (Å²) in [6.45, 7) is 0. The van der Waals surface area contributed by atoms with Crippen molar-refractivity contribution in [3.05, 3.63) is 51.7 Å². The predicted molar refractivity (Wildman–Crippen MR) is 83.8 cm³/mol. The summed E-state index contributed by atoms with van der Waals surface area (Å²) in [5.41, 5.74) is 7.22. The Morgan fingerprint density at radius 3 is 2.50 bits per heavy atom. The Balaban J connectivity index is 1.91. The molecule has 3 N–H and O–H groups in total. The molecule has 0 unspecified atom stereocenters. The van der Waals surface area contributed by atoms with E-state index in [1.54, 1.807) is 0 Å². The third kappa shape index (κ3) is 2.74. The molecule has 0 saturated carbocycles. The fourth-order valence-electron chi connectivity index (χ4n) is 2.69. The van der Waals surface area contributed by atoms with Crippen molar-refractivity contribution in [1.82, 2.24) is 0 Å². The zero-order chi connectivity index (χ0) is 15.7. The minimum absolute atomic E-state index is 0.336. The SMILES string of the molecule is NC(=O)c1c(NC(=O)c2ccc(F)cc2)sc2c1CCCC2. The van der Waals surface area contributed by atoms with E-state index in [4.69, 9.17) is 5.73 Å². The highest BCUT2D eigenvalue weighted by Gasteiger charge is 2.25. The number of benzene rings is 1. The summed E-state index contributed by atoms with van der Waals surface area (Å²) in [5.74, 6) is -1.30. The first-order chi connectivity index (χ1) is 10.6. The van der Waals surface area contributed by atoms with E-state index >= 15 is 0 Å². The van der Waals surface area contributed by atoms with Gasteiger partial charge < -0.3 is 11.1 Å². The topological polar surface area (TPSA) is 72.2 Å². The smallest absolute Gasteiger partial charge is 0.256 e. The van der Waals surface area contributed by atoms with Crippen LogP contribution in [0.15, 0.2) is 24.3 Å². The van der Waals surface area contributed by atoms with Crippen molar-refractivity contribution in [1.29, 1.82) is 0 Å². The van der Waals surface area contributed by atoms with Crippen molar-refractivity contribution in [3.63, 3.8) is 0 Å². The molecule has 22 heavy (non-hydrogen) atoms. The molecule has 114 valence electrons. The number of nitrogens with two attached hydrogens (primary N) is 1. The number of amides is 2. The lowest BCUT2D eigenvalue weighted by Gasteiger charge is -2.11. The number of carbonyl (C=O) groups is 2. The summed E-state index contributed by atoms with van der Waals surface area (Å²) in [4.78, 5) is 25.1. The highest BCUT2D eigenvalue weighted by molar-refractivity contribution is 7.17. The van der Waals surface area contributed by atoms with Crippen LogP contribution in [0.4, 0.5) is 9.39 Å². The molecule has 1 aromatic carbocycles. The molecule has 1 aliphatic rings. The van der Waals surface area contributed by atoms with Crippen LogP contribution in [-0.4, -0.2) is 11.8 Å². The molecule has 0 radical (unpaired) electrons. The molecule has 3 rings (SSSR count). The summed E-state index contributed by atoms with van der Waals surface area (Å²) in [6.07, 6.45) is 3.83. The third-order valence-electron chi connectivity index (χ3n) is 3.75. The number of hydrogen-bond donors (Lipinski definition) is 2. The summed E-state index contributed by atoms with van der Waals surface area (Å²) < 4.78 is 12.9. The predicted octanol–water partition coefficient (Wildman–Crippen LogP) is 3.12. The summed E-state index contributed by atoms with van der Waals surface area (Å²) in [5, 5.41) is 3.24. The standard InChI is InChI=1S/C16H15FN2O2S/c17-10-7-5-9(6-8-10)15(21)19-16-13(14(18)20)11-3-1-2-4-12(11)22-16/h5-8H,1-4H2,(H2,18,20)(H,19,21). The maximum atomic E-state index is 12.9. The molecule has 0 bridgehead atoms. The van der Waals surface area contributed by atoms with Crippen LogP contribution in [0.25, 0.3) is 0 Å². The van der Waals surface area contributed by atoms with Crippen molar-refractivity contribution >= 4 is 28.2 Å². The first-order valence-electron chi connectivity index (χ1n) is 7.07. The van der Waals surface area contributed by atoms with Gasteiger partial charge in [0.05, 0.1) is 5.56 Å². The van der Waals surface area contributed by atoms with Crippen LogP contribution in [-0.2, 0) is 12.8 Å². The molecule has 2 aromatic rings. The van der Waals surface area contributed by atoms with Crippen molar-refractivity contribution in [2.75, 3.05) is 5.32 Å². The zero-order valence-corrected chi connectivity index (χ0v) is 12.6. The Morgan fingerprint density at radius 1 is 1.14 bits per heavy atom. The van der Waals surface area contributed by atoms with Gasteiger partial charge >= 0.3 is 0 Å². The quantitative estimate of drug-likeness (QED) is 0.912. The van der Waals surface area contributed by atoms with Gasteiger partial charge in [-0.1, -0.05) is 0 Å². The van der Waals surface area contributed by atoms with Gasteiger partial charge in [0.1, 0.15) is 10.8 Å². The summed E-state index contributed by atoms with van der Waals surface area (Å²) in [7, 11) is 0. The van der Waals surface area contributed by atoms with E-state index in [-0.39, 0.29) is 5.91 Å². The molecule has 0 fully saturated rings. The normalized spacial score (nSPS) is 13.5. The van der Waals surface area contributed by atoms with E-state index < -0.39 is 11.7 Å². The van der Waals surface area contributed by atoms with Gasteiger partial charge in [-0.05, 0) is 55.5 Å². The molecule has 2 amide bonds. The van der Waals surface area contributed by atoms with Crippen LogP contribution in [0.1, 0.15) is 44.0 Å². The second kappa shape index (κ2) is 5.88. The van der Waals surface area contributed by atoms with Gasteiger partial charge in [0.15, 0.2) is 0 Å². The molecule has 6 heteroatoms. The van der Waals surface area contributed by atoms with Crippen LogP contribution in [0.3, 0.4) is 0 Å². The lowest BCUT2D eigenvalue weighted by Crippen LogP contribution is -2.18. The number of fused-ring (bicyclic) bond motifs is 1. The van der Waals surface area contributed by atoms with Gasteiger partial charge in [0, 0.05) is 10.4 Å². The number of aryl methyl sites for hydroxylation is 1. The van der Waals surface area contributed by atoms with Crippen LogP contribution in [0.2, 0.25) is 0 Å². The Kier molecular flexibility index (Phi) is 3.94. The van der Waals surface area contributed by atoms with E-state index in [0.717, 1.165) is 36.1 Å². The van der Waals surface area contributed by atoms with E-state index in [2.05, 4.69) is 5.32 Å². The fourth-order valence-corrected chi connectivity index (χ4v) is 3.98. The van der Waals surface area contributed by atoms with Crippen molar-refractivity contribution < 1.29 is 14.0 Å². The molecule has 1 aliphatic carbocycles. The molecular formula is C16H15FN2O2S. The molecule has 1 heterocycles. The average Bonchev–Trinajstić information content (AvgIpc) is 2.85. The van der Waals surface area contributed by atoms with E-state index in [1.165, 1.54) is 35.6 Å². The Hall–Kier alpha value is -2.21. The minimum Gasteiger partial charge on any atom is -0.365 e. The maximum absolute atomic E-state index is 12.9. The largest absolute Gasteiger partial charge is 0.365 e. The number of nitrogens with one attached hydrogen (secondary N) is 1. The summed E-state index contributed by atoms with van der Waals surface area (Å²) >= 11 is 1.41. The van der Waals surface area contributed by atoms with Gasteiger partial charge in [-0.3, -0.25) is 9.59 Å². The average molecular weight is 318 g/mol. The minimum atomic E-state index is -0.520. The van der Waals surface area contributed by atoms with Crippen molar-refractivity contribution in [2.45, 2.75) is 25.7 Å². The number of thiophene rings is 1. The monoisotopic (exact) mass is 318 g/mol. The van der Waals surface area contributed by atoms with Gasteiger partial charge in [-0.2, -0.15) is 0 Å². The molecule has 0 aliphatic heterocycles. The highest BCUT2D eigenvalue weighted by Crippen LogP contribution is 2.38. The third-order valence-corrected chi connectivity index (χ3v) is 4.96. The Labute approximate surface area is 131 Å². The fraction of sp³-hybridized carbons (Fsp3) is 0.250. The number of carbonyl (C=O) groups excluding carboxylic acids is 2. The molecule has 4 nitrogen and oxygen atoms in total. The number of halogens is 1. The van der Waals surface area contributed by atoms with E-state index in [9.17, 15) is 14.0 Å². The molecule has 0 spiro atoms. The highest BCUT2D eigenvalue weighted by atomic mass is 32.1. The van der Waals surface area contributed by atoms with Crippen LogP contribution in [0, 0.1) is 5.82 Å². The molecule has 1 aromatic heterocycles. The van der Waals surface area contributed by atoms with Crippen molar-refractivity contribution in [2.24, 2.45) is 5.73 Å². The van der Waals surface area contributed by atoms with Gasteiger partial charge in [-0.25, -0.2) is 4.39 Å². The van der Waals surface area contributed by atoms with Crippen LogP contribution < -0.4 is 11.1 Å². The van der Waals surface area contributed by atoms with E-state index in [1.807, 2.05) is 0 Å². The van der Waals surface area contributed by atoms with E-state index in [0.29, 0.717) is 16.1 Å². The van der Waals surface area contributed by atoms with Crippen LogP contribution in [0.5, 0.6) is 0 Å².